The Bertz CT molecular complexity index is 419. The largest absolute Gasteiger partial charge is 0 e. The zero-order valence-corrected chi connectivity index (χ0v) is 16.9. The molecule has 0 heterocycles. The summed E-state index contributed by atoms with van der Waals surface area (Å²) in [5.41, 5.74) is 0.701. The van der Waals surface area contributed by atoms with Gasteiger partial charge in [-0.05, 0) is 33.3 Å². The Morgan fingerprint density at radius 1 is 0.913 bits per heavy atom. The van der Waals surface area contributed by atoms with Crippen molar-refractivity contribution in [1.29, 1.82) is 0 Å². The van der Waals surface area contributed by atoms with Crippen molar-refractivity contribution < 1.29 is 35.6 Å². The molecule has 1 aromatic carbocycles. The summed E-state index contributed by atoms with van der Waals surface area (Å²) in [6, 6.07) is 9.18. The number of nitrogens with zero attached hydrogens (tertiary/aromatic N) is 1. The molecule has 1 rings (SSSR count). The number of hydrogen-bond acceptors (Lipinski definition) is 1. The minimum absolute atomic E-state index is 0. The van der Waals surface area contributed by atoms with Gasteiger partial charge in [0.25, 0.3) is 0 Å². The molecule has 1 aromatic rings. The van der Waals surface area contributed by atoms with Crippen LogP contribution >= 0.6 is 15.7 Å². The number of rotatable bonds is 0. The molecule has 8 heteroatoms. The Labute approximate surface area is 152 Å². The summed E-state index contributed by atoms with van der Waals surface area (Å²) in [7, 11) is -0.750. The zero-order chi connectivity index (χ0) is 19.0. The van der Waals surface area contributed by atoms with E-state index in [0.717, 1.165) is 0 Å². The third-order valence-electron chi connectivity index (χ3n) is 0.885. The standard InChI is InChI=1S/C7H5N.C3H9P.C2H7OP.3CO.Mn/c1-8-7-5-3-2-4-6-7;2*1-4(2)3;3*1-2;/h2-6H;1-3H3;4H,1-2H3;;;;. The predicted octanol–water partition coefficient (Wildman–Crippen LogP) is 4.29. The van der Waals surface area contributed by atoms with Crippen LogP contribution in [0.3, 0.4) is 0 Å². The molecule has 0 saturated carbocycles. The molecule has 0 aliphatic rings. The van der Waals surface area contributed by atoms with Crippen LogP contribution in [0.2, 0.25) is 0 Å². The maximum atomic E-state index is 9.63. The molecular weight excluding hydrogens is 375 g/mol. The molecule has 127 valence electrons. The maximum Gasteiger partial charge on any atom is 0 e. The fourth-order valence-corrected chi connectivity index (χ4v) is 0.503. The van der Waals surface area contributed by atoms with E-state index in [9.17, 15) is 4.57 Å². The monoisotopic (exact) mass is 396 g/mol. The van der Waals surface area contributed by atoms with Crippen molar-refractivity contribution in [2.24, 2.45) is 0 Å². The van der Waals surface area contributed by atoms with Crippen molar-refractivity contribution in [1.82, 2.24) is 0 Å². The number of hydrogen-bond donors (Lipinski definition) is 0. The summed E-state index contributed by atoms with van der Waals surface area (Å²) in [6.45, 7) is 30.2. The smallest absolute Gasteiger partial charge is 0 e. The van der Waals surface area contributed by atoms with E-state index in [4.69, 9.17) is 20.5 Å². The fourth-order valence-electron chi connectivity index (χ4n) is 0.503. The van der Waals surface area contributed by atoms with Crippen LogP contribution in [-0.4, -0.2) is 33.3 Å². The number of benzene rings is 1. The SMILES string of the molecule is CP(C)C.C[PH](C)=O.[C-]#[N+]c1ccccc1.[C-]#[O+].[C-]#[O+].[C-]#[O+].[Mn]. The first-order chi connectivity index (χ1) is 10.4. The Kier molecular flexibility index (Phi) is 70.8. The van der Waals surface area contributed by atoms with Gasteiger partial charge in [0, 0.05) is 17.1 Å². The third kappa shape index (κ3) is 92.9. The van der Waals surface area contributed by atoms with E-state index in [1.807, 2.05) is 18.2 Å². The minimum atomic E-state index is -1.13. The summed E-state index contributed by atoms with van der Waals surface area (Å²) in [4.78, 5) is 3.22. The van der Waals surface area contributed by atoms with Crippen molar-refractivity contribution in [3.8, 4) is 0 Å². The molecule has 0 unspecified atom stereocenters. The number of para-hydroxylation sites is 1. The Morgan fingerprint density at radius 3 is 1.26 bits per heavy atom. The predicted molar refractivity (Wildman–Crippen MR) is 90.0 cm³/mol. The van der Waals surface area contributed by atoms with Crippen LogP contribution in [0.4, 0.5) is 5.69 Å². The van der Waals surface area contributed by atoms with Crippen LogP contribution in [0.1, 0.15) is 0 Å². The van der Waals surface area contributed by atoms with E-state index >= 15 is 0 Å². The maximum absolute atomic E-state index is 9.63. The summed E-state index contributed by atoms with van der Waals surface area (Å²) in [5, 5.41) is 0. The van der Waals surface area contributed by atoms with Gasteiger partial charge < -0.3 is 4.57 Å². The topological polar surface area (TPSA) is 81.1 Å². The van der Waals surface area contributed by atoms with Crippen LogP contribution < -0.4 is 0 Å². The van der Waals surface area contributed by atoms with E-state index in [2.05, 4.69) is 44.8 Å². The first-order valence-corrected chi connectivity index (χ1v) is 10.6. The van der Waals surface area contributed by atoms with Crippen molar-refractivity contribution in [3.63, 3.8) is 0 Å². The minimum Gasteiger partial charge on any atom is 0 e. The fraction of sp³-hybridized carbons (Fsp3) is 0.333. The van der Waals surface area contributed by atoms with Crippen molar-refractivity contribution in [2.75, 3.05) is 33.3 Å². The van der Waals surface area contributed by atoms with E-state index in [1.165, 1.54) is 0 Å². The molecule has 0 spiro atoms. The van der Waals surface area contributed by atoms with Gasteiger partial charge in [-0.2, -0.15) is 0 Å². The third-order valence-corrected chi connectivity index (χ3v) is 0.885. The summed E-state index contributed by atoms with van der Waals surface area (Å²) in [6.07, 6.45) is 0. The van der Waals surface area contributed by atoms with Crippen LogP contribution in [0.5, 0.6) is 0 Å². The normalized spacial score (nSPS) is 6.09. The Balaban J connectivity index is -0.0000000422. The first-order valence-electron chi connectivity index (χ1n) is 5.52. The van der Waals surface area contributed by atoms with Crippen LogP contribution in [0.15, 0.2) is 30.3 Å². The van der Waals surface area contributed by atoms with Crippen molar-refractivity contribution >= 4 is 21.4 Å². The van der Waals surface area contributed by atoms with Gasteiger partial charge in [-0.15, -0.1) is 7.92 Å². The molecule has 0 bridgehead atoms. The molecule has 0 aliphatic carbocycles. The van der Waals surface area contributed by atoms with E-state index in [-0.39, 0.29) is 17.1 Å². The van der Waals surface area contributed by atoms with Crippen LogP contribution in [0.25, 0.3) is 4.85 Å². The second-order valence-corrected chi connectivity index (χ2v) is 8.20. The van der Waals surface area contributed by atoms with Crippen molar-refractivity contribution in [2.45, 2.75) is 0 Å². The molecule has 0 atom stereocenters. The van der Waals surface area contributed by atoms with Crippen LogP contribution in [-0.2, 0) is 35.6 Å². The molecule has 5 nitrogen and oxygen atoms in total. The summed E-state index contributed by atoms with van der Waals surface area (Å²) >= 11 is 0. The van der Waals surface area contributed by atoms with Crippen LogP contribution in [0, 0.1) is 26.5 Å². The molecular formula is C15H21MnNO4P2. The average Bonchev–Trinajstić information content (AvgIpc) is 2.53. The van der Waals surface area contributed by atoms with Gasteiger partial charge in [-0.25, -0.2) is 4.85 Å². The van der Waals surface area contributed by atoms with E-state index in [1.54, 1.807) is 25.5 Å². The zero-order valence-electron chi connectivity index (χ0n) is 13.8. The first kappa shape index (κ1) is 38.0. The quantitative estimate of drug-likeness (QED) is 0.279. The molecule has 0 fully saturated rings. The molecule has 0 aliphatic heterocycles. The van der Waals surface area contributed by atoms with Gasteiger partial charge in [0.15, 0.2) is 5.69 Å². The molecule has 23 heavy (non-hydrogen) atoms. The van der Waals surface area contributed by atoms with E-state index in [0.29, 0.717) is 13.6 Å². The second kappa shape index (κ2) is 42.9. The average molecular weight is 396 g/mol. The Hall–Kier alpha value is -0.891. The molecule has 1 radical (unpaired) electrons. The molecule has 0 N–H and O–H groups in total. The summed E-state index contributed by atoms with van der Waals surface area (Å²) < 4.78 is 32.1. The van der Waals surface area contributed by atoms with E-state index < -0.39 is 7.80 Å². The summed E-state index contributed by atoms with van der Waals surface area (Å²) in [5.74, 6) is 0. The van der Waals surface area contributed by atoms with Gasteiger partial charge in [-0.1, -0.05) is 30.3 Å². The van der Waals surface area contributed by atoms with Crippen molar-refractivity contribution in [3.05, 3.63) is 61.7 Å². The van der Waals surface area contributed by atoms with Gasteiger partial charge in [0.05, 0.1) is 14.4 Å². The van der Waals surface area contributed by atoms with Gasteiger partial charge in [-0.3, -0.25) is 0 Å². The second-order valence-electron chi connectivity index (χ2n) is 3.70. The molecule has 0 aromatic heterocycles. The Morgan fingerprint density at radius 2 is 1.13 bits per heavy atom. The van der Waals surface area contributed by atoms with Gasteiger partial charge in [0.2, 0.25) is 0 Å². The van der Waals surface area contributed by atoms with Gasteiger partial charge >= 0.3 is 33.9 Å². The molecule has 0 saturated heterocycles. The molecule has 0 amide bonds. The van der Waals surface area contributed by atoms with Gasteiger partial charge in [0.1, 0.15) is 0 Å².